The molecule has 4 heteroatoms. The van der Waals surface area contributed by atoms with Crippen LogP contribution in [0.5, 0.6) is 0 Å². The lowest BCUT2D eigenvalue weighted by Crippen LogP contribution is -2.30. The van der Waals surface area contributed by atoms with Gasteiger partial charge in [0.2, 0.25) is 0 Å². The molecule has 2 N–H and O–H groups in total. The van der Waals surface area contributed by atoms with Crippen molar-refractivity contribution in [3.05, 3.63) is 65.5 Å². The zero-order valence-corrected chi connectivity index (χ0v) is 17.7. The number of hydrogen-bond acceptors (Lipinski definition) is 3. The number of likely N-dealkylation sites (tertiary alicyclic amines) is 1. The van der Waals surface area contributed by atoms with Crippen LogP contribution in [-0.4, -0.2) is 34.5 Å². The lowest BCUT2D eigenvalue weighted by molar-refractivity contribution is 0.220. The van der Waals surface area contributed by atoms with Gasteiger partial charge in [-0.15, -0.1) is 0 Å². The largest absolute Gasteiger partial charge is 0.341 e. The molecule has 1 unspecified atom stereocenters. The number of hydrogen-bond donors (Lipinski definition) is 2. The summed E-state index contributed by atoms with van der Waals surface area (Å²) in [5.74, 6) is 1.05. The summed E-state index contributed by atoms with van der Waals surface area (Å²) in [4.78, 5) is 11.1. The zero-order chi connectivity index (χ0) is 19.9. The van der Waals surface area contributed by atoms with Crippen molar-refractivity contribution >= 4 is 11.0 Å². The van der Waals surface area contributed by atoms with Gasteiger partial charge in [-0.3, -0.25) is 4.90 Å². The topological polar surface area (TPSA) is 44.0 Å². The molecule has 4 rings (SSSR count). The summed E-state index contributed by atoms with van der Waals surface area (Å²) >= 11 is 0. The van der Waals surface area contributed by atoms with Gasteiger partial charge in [-0.2, -0.15) is 0 Å². The second kappa shape index (κ2) is 10.0. The van der Waals surface area contributed by atoms with Crippen LogP contribution in [0.1, 0.15) is 62.0 Å². The van der Waals surface area contributed by atoms with Gasteiger partial charge in [-0.1, -0.05) is 56.2 Å². The van der Waals surface area contributed by atoms with Gasteiger partial charge in [0, 0.05) is 6.54 Å². The molecule has 0 bridgehead atoms. The van der Waals surface area contributed by atoms with E-state index in [0.717, 1.165) is 36.4 Å². The number of benzene rings is 2. The second-order valence-corrected chi connectivity index (χ2v) is 8.31. The predicted octanol–water partition coefficient (Wildman–Crippen LogP) is 5.22. The molecule has 3 aromatic rings. The second-order valence-electron chi connectivity index (χ2n) is 8.31. The Labute approximate surface area is 174 Å². The number of fused-ring (bicyclic) bond motifs is 1. The molecule has 0 spiro atoms. The summed E-state index contributed by atoms with van der Waals surface area (Å²) in [5.41, 5.74) is 5.07. The third-order valence-electron chi connectivity index (χ3n) is 6.04. The van der Waals surface area contributed by atoms with Crippen molar-refractivity contribution in [1.82, 2.24) is 20.2 Å². The molecule has 2 heterocycles. The van der Waals surface area contributed by atoms with E-state index >= 15 is 0 Å². The molecule has 1 saturated heterocycles. The zero-order valence-electron chi connectivity index (χ0n) is 17.7. The summed E-state index contributed by atoms with van der Waals surface area (Å²) < 4.78 is 0. The maximum Gasteiger partial charge on any atom is 0.124 e. The summed E-state index contributed by atoms with van der Waals surface area (Å²) in [5, 5.41) is 3.77. The highest BCUT2D eigenvalue weighted by molar-refractivity contribution is 5.74. The normalized spacial score (nSPS) is 16.3. The quantitative estimate of drug-likeness (QED) is 0.492. The van der Waals surface area contributed by atoms with Crippen LogP contribution in [0, 0.1) is 0 Å². The molecule has 0 aliphatic carbocycles. The molecule has 4 nitrogen and oxygen atoms in total. The molecule has 0 saturated carbocycles. The van der Waals surface area contributed by atoms with E-state index in [2.05, 4.69) is 70.7 Å². The Morgan fingerprint density at radius 1 is 1.00 bits per heavy atom. The first-order valence-corrected chi connectivity index (χ1v) is 11.3. The van der Waals surface area contributed by atoms with E-state index in [1.807, 2.05) is 0 Å². The summed E-state index contributed by atoms with van der Waals surface area (Å²) in [6.45, 7) is 6.79. The van der Waals surface area contributed by atoms with Crippen molar-refractivity contribution in [2.24, 2.45) is 0 Å². The van der Waals surface area contributed by atoms with Crippen LogP contribution in [0.25, 0.3) is 11.0 Å². The summed E-state index contributed by atoms with van der Waals surface area (Å²) in [7, 11) is 0. The molecule has 0 radical (unpaired) electrons. The Balaban J connectivity index is 1.55. The van der Waals surface area contributed by atoms with E-state index in [0.29, 0.717) is 0 Å². The Hall–Kier alpha value is -2.17. The first kappa shape index (κ1) is 20.1. The van der Waals surface area contributed by atoms with Crippen LogP contribution in [0.3, 0.4) is 0 Å². The van der Waals surface area contributed by atoms with Gasteiger partial charge < -0.3 is 10.3 Å². The smallest absolute Gasteiger partial charge is 0.124 e. The molecule has 0 amide bonds. The van der Waals surface area contributed by atoms with E-state index in [9.17, 15) is 0 Å². The summed E-state index contributed by atoms with van der Waals surface area (Å²) in [6.07, 6.45) is 7.41. The molecule has 1 fully saturated rings. The molecule has 154 valence electrons. The minimum atomic E-state index is 0.205. The fraction of sp³-hybridized carbons (Fsp3) is 0.480. The first-order valence-electron chi connectivity index (χ1n) is 11.3. The molecular weight excluding hydrogens is 356 g/mol. The molecular formula is C25H34N4. The van der Waals surface area contributed by atoms with Crippen molar-refractivity contribution < 1.29 is 0 Å². The highest BCUT2D eigenvalue weighted by Crippen LogP contribution is 2.23. The first-order chi connectivity index (χ1) is 14.3. The number of H-pyrrole nitrogens is 1. The van der Waals surface area contributed by atoms with Gasteiger partial charge in [-0.05, 0) is 68.6 Å². The Morgan fingerprint density at radius 3 is 2.55 bits per heavy atom. The predicted molar refractivity (Wildman–Crippen MR) is 121 cm³/mol. The number of para-hydroxylation sites is 2. The van der Waals surface area contributed by atoms with Crippen LogP contribution in [0.2, 0.25) is 0 Å². The maximum atomic E-state index is 4.90. The number of aromatic amines is 1. The SMILES string of the molecule is CCCCNC(Cc1ccccc1CN1CCCCC1)c1nc2ccccc2[nH]1. The molecule has 1 aliphatic rings. The molecule has 2 aromatic carbocycles. The van der Waals surface area contributed by atoms with E-state index in [-0.39, 0.29) is 6.04 Å². The number of unbranched alkanes of at least 4 members (excludes halogenated alkanes) is 1. The maximum absolute atomic E-state index is 4.90. The standard InChI is InChI=1S/C25H34N4/c1-2-3-15-26-24(25-27-22-13-7-8-14-23(22)28-25)18-20-11-5-6-12-21(20)19-29-16-9-4-10-17-29/h5-8,11-14,24,26H,2-4,9-10,15-19H2,1H3,(H,27,28). The van der Waals surface area contributed by atoms with Gasteiger partial charge >= 0.3 is 0 Å². The molecule has 1 aromatic heterocycles. The van der Waals surface area contributed by atoms with Gasteiger partial charge in [0.1, 0.15) is 5.82 Å². The monoisotopic (exact) mass is 390 g/mol. The van der Waals surface area contributed by atoms with Gasteiger partial charge in [0.15, 0.2) is 0 Å². The van der Waals surface area contributed by atoms with E-state index in [4.69, 9.17) is 4.98 Å². The van der Waals surface area contributed by atoms with Gasteiger partial charge in [-0.25, -0.2) is 4.98 Å². The van der Waals surface area contributed by atoms with Gasteiger partial charge in [0.05, 0.1) is 17.1 Å². The third kappa shape index (κ3) is 5.26. The highest BCUT2D eigenvalue weighted by atomic mass is 15.1. The van der Waals surface area contributed by atoms with Crippen LogP contribution >= 0.6 is 0 Å². The van der Waals surface area contributed by atoms with Crippen LogP contribution in [0.15, 0.2) is 48.5 Å². The van der Waals surface area contributed by atoms with Crippen molar-refractivity contribution in [3.63, 3.8) is 0 Å². The lowest BCUT2D eigenvalue weighted by Gasteiger charge is -2.28. The third-order valence-corrected chi connectivity index (χ3v) is 6.04. The van der Waals surface area contributed by atoms with Crippen molar-refractivity contribution in [3.8, 4) is 0 Å². The lowest BCUT2D eigenvalue weighted by atomic mass is 9.98. The van der Waals surface area contributed by atoms with E-state index < -0.39 is 0 Å². The fourth-order valence-corrected chi connectivity index (χ4v) is 4.35. The Kier molecular flexibility index (Phi) is 6.96. The van der Waals surface area contributed by atoms with Crippen molar-refractivity contribution in [1.29, 1.82) is 0 Å². The van der Waals surface area contributed by atoms with Crippen LogP contribution < -0.4 is 5.32 Å². The fourth-order valence-electron chi connectivity index (χ4n) is 4.35. The van der Waals surface area contributed by atoms with Crippen LogP contribution in [-0.2, 0) is 13.0 Å². The number of nitrogens with one attached hydrogen (secondary N) is 2. The van der Waals surface area contributed by atoms with Gasteiger partial charge in [0.25, 0.3) is 0 Å². The minimum Gasteiger partial charge on any atom is -0.341 e. The average Bonchev–Trinajstić information content (AvgIpc) is 3.19. The molecule has 29 heavy (non-hydrogen) atoms. The van der Waals surface area contributed by atoms with E-state index in [1.54, 1.807) is 0 Å². The average molecular weight is 391 g/mol. The highest BCUT2D eigenvalue weighted by Gasteiger charge is 2.19. The minimum absolute atomic E-state index is 0.205. The Bertz CT molecular complexity index is 861. The van der Waals surface area contributed by atoms with Crippen molar-refractivity contribution in [2.75, 3.05) is 19.6 Å². The summed E-state index contributed by atoms with van der Waals surface area (Å²) in [6, 6.07) is 17.5. The number of imidazole rings is 1. The molecule has 1 atom stereocenters. The van der Waals surface area contributed by atoms with E-state index in [1.165, 1.54) is 56.3 Å². The number of rotatable bonds is 9. The number of aromatic nitrogens is 2. The molecule has 1 aliphatic heterocycles. The Morgan fingerprint density at radius 2 is 1.76 bits per heavy atom. The van der Waals surface area contributed by atoms with Crippen LogP contribution in [0.4, 0.5) is 0 Å². The number of nitrogens with zero attached hydrogens (tertiary/aromatic N) is 2. The number of piperidine rings is 1. The van der Waals surface area contributed by atoms with Crippen molar-refractivity contribution in [2.45, 2.75) is 58.0 Å².